The number of rotatable bonds is 0. The monoisotopic (exact) mass is 238 g/mol. The van der Waals surface area contributed by atoms with Crippen molar-refractivity contribution in [2.45, 2.75) is 32.1 Å². The van der Waals surface area contributed by atoms with Gasteiger partial charge in [-0.3, -0.25) is 0 Å². The maximum absolute atomic E-state index is 3.06. The zero-order valence-corrected chi connectivity index (χ0v) is 10.3. The predicted molar refractivity (Wildman–Crippen MR) is 38.7 cm³/mol. The van der Waals surface area contributed by atoms with Gasteiger partial charge in [-0.2, -0.15) is 19.3 Å². The third-order valence-corrected chi connectivity index (χ3v) is 2.39. The molecule has 0 aliphatic heterocycles. The van der Waals surface area contributed by atoms with E-state index in [0.717, 1.165) is 5.92 Å². The summed E-state index contributed by atoms with van der Waals surface area (Å²) in [6.45, 7) is 0. The van der Waals surface area contributed by atoms with Gasteiger partial charge >= 0.3 is 30.0 Å². The summed E-state index contributed by atoms with van der Waals surface area (Å²) in [6.07, 6.45) is 7.50. The third kappa shape index (κ3) is 2.01. The summed E-state index contributed by atoms with van der Waals surface area (Å²) in [6, 6.07) is 0. The van der Waals surface area contributed by atoms with E-state index < -0.39 is 0 Å². The van der Waals surface area contributed by atoms with Crippen LogP contribution < -0.4 is 0 Å². The van der Waals surface area contributed by atoms with Crippen molar-refractivity contribution < 1.29 is 16.3 Å². The van der Waals surface area contributed by atoms with Gasteiger partial charge in [-0.25, -0.2) is 0 Å². The normalized spacial score (nSPS) is 26.1. The van der Waals surface area contributed by atoms with E-state index in [1.807, 2.05) is 5.92 Å². The van der Waals surface area contributed by atoms with Crippen LogP contribution in [-0.4, -0.2) is 0 Å². The fourth-order valence-corrected chi connectivity index (χ4v) is 1.90. The van der Waals surface area contributed by atoms with Crippen molar-refractivity contribution in [2.24, 2.45) is 5.92 Å². The van der Waals surface area contributed by atoms with Crippen LogP contribution in [0.15, 0.2) is 0 Å². The zero-order chi connectivity index (χ0) is 6.69. The first-order chi connectivity index (χ1) is 4.45. The molecule has 0 aromatic heterocycles. The fourth-order valence-electron chi connectivity index (χ4n) is 1.90. The average molecular weight is 240 g/mol. The summed E-state index contributed by atoms with van der Waals surface area (Å²) in [5.41, 5.74) is 0. The Morgan fingerprint density at radius 1 is 1.22 bits per heavy atom. The molecule has 0 atom stereocenters. The van der Waals surface area contributed by atoms with Crippen molar-refractivity contribution in [1.82, 2.24) is 0 Å². The minimum atomic E-state index is 1.13. The SMILES string of the molecule is C1CC2CC[C-]1C2.[Zn+][Br]. The summed E-state index contributed by atoms with van der Waals surface area (Å²) < 4.78 is 0. The summed E-state index contributed by atoms with van der Waals surface area (Å²) >= 11 is 4.25. The van der Waals surface area contributed by atoms with Crippen LogP contribution in [0.25, 0.3) is 0 Å². The first kappa shape index (κ1) is 8.20. The molecule has 2 aliphatic rings. The van der Waals surface area contributed by atoms with E-state index in [9.17, 15) is 0 Å². The number of fused-ring (bicyclic) bond motifs is 2. The van der Waals surface area contributed by atoms with Gasteiger partial charge in [-0.15, -0.1) is 0 Å². The second-order valence-corrected chi connectivity index (χ2v) is 2.90. The first-order valence-electron chi connectivity index (χ1n) is 3.55. The summed E-state index contributed by atoms with van der Waals surface area (Å²) in [7, 11) is 0. The first-order valence-corrected chi connectivity index (χ1v) is 10.5. The minimum absolute atomic E-state index is 1.13. The van der Waals surface area contributed by atoms with Crippen LogP contribution in [0, 0.1) is 11.8 Å². The molecule has 2 heteroatoms. The molecule has 0 N–H and O–H groups in total. The van der Waals surface area contributed by atoms with Gasteiger partial charge in [0.05, 0.1) is 0 Å². The molecule has 2 saturated carbocycles. The molecule has 2 fully saturated rings. The Balaban J connectivity index is 0.000000186. The van der Waals surface area contributed by atoms with Crippen molar-refractivity contribution in [3.05, 3.63) is 5.92 Å². The molecule has 0 heterocycles. The molecule has 0 unspecified atom stereocenters. The quantitative estimate of drug-likeness (QED) is 0.451. The van der Waals surface area contributed by atoms with Gasteiger partial charge in [0, 0.05) is 0 Å². The summed E-state index contributed by atoms with van der Waals surface area (Å²) in [5.74, 6) is 3.00. The van der Waals surface area contributed by atoms with E-state index in [-0.39, 0.29) is 0 Å². The molecular formula is C7H11BrZn. The van der Waals surface area contributed by atoms with E-state index in [1.165, 1.54) is 48.4 Å². The fraction of sp³-hybridized carbons (Fsp3) is 0.857. The molecule has 0 amide bonds. The molecule has 2 aliphatic carbocycles. The molecule has 9 heavy (non-hydrogen) atoms. The van der Waals surface area contributed by atoms with Crippen LogP contribution in [0.2, 0.25) is 0 Å². The third-order valence-electron chi connectivity index (χ3n) is 2.39. The standard InChI is InChI=1S/C7H11.BrH.Zn/c1-2-7-4-3-6(1)5-7;;/h6H,1-5H2;1H;/q-1;;+2/p-1. The summed E-state index contributed by atoms with van der Waals surface area (Å²) in [5, 5.41) is 0. The van der Waals surface area contributed by atoms with E-state index in [4.69, 9.17) is 0 Å². The van der Waals surface area contributed by atoms with Gasteiger partial charge in [0.15, 0.2) is 0 Å². The Morgan fingerprint density at radius 3 is 1.89 bits per heavy atom. The topological polar surface area (TPSA) is 0 Å². The van der Waals surface area contributed by atoms with Crippen molar-refractivity contribution in [1.29, 1.82) is 0 Å². The molecule has 0 nitrogen and oxygen atoms in total. The van der Waals surface area contributed by atoms with E-state index in [1.54, 1.807) is 0 Å². The zero-order valence-electron chi connectivity index (χ0n) is 5.70. The molecule has 2 bridgehead atoms. The van der Waals surface area contributed by atoms with Gasteiger partial charge < -0.3 is 5.92 Å². The maximum atomic E-state index is 3.06. The summed E-state index contributed by atoms with van der Waals surface area (Å²) in [4.78, 5) is 0. The second kappa shape index (κ2) is 4.08. The van der Waals surface area contributed by atoms with Crippen molar-refractivity contribution >= 4 is 13.6 Å². The molecule has 0 spiro atoms. The van der Waals surface area contributed by atoms with Crippen molar-refractivity contribution in [3.63, 3.8) is 0 Å². The van der Waals surface area contributed by atoms with Crippen molar-refractivity contribution in [2.75, 3.05) is 0 Å². The van der Waals surface area contributed by atoms with Crippen LogP contribution in [0.3, 0.4) is 0 Å². The van der Waals surface area contributed by atoms with Gasteiger partial charge in [0.1, 0.15) is 0 Å². The van der Waals surface area contributed by atoms with Gasteiger partial charge in [0.2, 0.25) is 0 Å². The van der Waals surface area contributed by atoms with Gasteiger partial charge in [0.25, 0.3) is 0 Å². The number of hydrogen-bond donors (Lipinski definition) is 0. The molecule has 0 radical (unpaired) electrons. The Hall–Kier alpha value is 1.10. The number of hydrogen-bond acceptors (Lipinski definition) is 0. The van der Waals surface area contributed by atoms with Crippen molar-refractivity contribution in [3.8, 4) is 0 Å². The average Bonchev–Trinajstić information content (AvgIpc) is 2.53. The molecule has 0 saturated heterocycles. The van der Waals surface area contributed by atoms with Crippen LogP contribution in [0.4, 0.5) is 0 Å². The Kier molecular flexibility index (Phi) is 3.72. The second-order valence-electron chi connectivity index (χ2n) is 2.90. The molecule has 48 valence electrons. The Labute approximate surface area is 73.8 Å². The number of halogens is 1. The Morgan fingerprint density at radius 2 is 1.78 bits per heavy atom. The molecule has 0 aromatic rings. The molecule has 0 aromatic carbocycles. The van der Waals surface area contributed by atoms with Gasteiger partial charge in [-0.1, -0.05) is 18.8 Å². The predicted octanol–water partition coefficient (Wildman–Crippen LogP) is 3.00. The Bertz CT molecular complexity index is 67.0. The van der Waals surface area contributed by atoms with E-state index >= 15 is 0 Å². The van der Waals surface area contributed by atoms with Crippen LogP contribution in [0.5, 0.6) is 0 Å². The van der Waals surface area contributed by atoms with Crippen LogP contribution >= 0.6 is 13.6 Å². The van der Waals surface area contributed by atoms with Crippen LogP contribution in [-0.2, 0) is 16.3 Å². The van der Waals surface area contributed by atoms with E-state index in [2.05, 4.69) is 13.6 Å². The molecule has 2 rings (SSSR count). The van der Waals surface area contributed by atoms with Gasteiger partial charge in [-0.05, 0) is 0 Å². The molecular weight excluding hydrogens is 229 g/mol. The van der Waals surface area contributed by atoms with E-state index in [0.29, 0.717) is 0 Å². The van der Waals surface area contributed by atoms with Crippen LogP contribution in [0.1, 0.15) is 32.1 Å².